The van der Waals surface area contributed by atoms with Crippen molar-refractivity contribution in [3.63, 3.8) is 0 Å². The van der Waals surface area contributed by atoms with Crippen LogP contribution < -0.4 is 5.73 Å². The molecule has 0 aliphatic carbocycles. The van der Waals surface area contributed by atoms with Crippen molar-refractivity contribution in [1.82, 2.24) is 4.90 Å². The van der Waals surface area contributed by atoms with E-state index in [1.165, 1.54) is 29.2 Å². The van der Waals surface area contributed by atoms with Crippen LogP contribution in [0.25, 0.3) is 0 Å². The highest BCUT2D eigenvalue weighted by atomic mass is 35.5. The molecule has 0 unspecified atom stereocenters. The summed E-state index contributed by atoms with van der Waals surface area (Å²) in [6.45, 7) is 0.910. The van der Waals surface area contributed by atoms with Gasteiger partial charge in [0.25, 0.3) is 0 Å². The van der Waals surface area contributed by atoms with E-state index in [2.05, 4.69) is 0 Å². The molecule has 0 bridgehead atoms. The smallest absolute Gasteiger partial charge is 0.237 e. The highest BCUT2D eigenvalue weighted by molar-refractivity contribution is 7.92. The Morgan fingerprint density at radius 2 is 1.89 bits per heavy atom. The fraction of sp³-hybridized carbons (Fsp3) is 0.417. The molecule has 19 heavy (non-hydrogen) atoms. The zero-order valence-electron chi connectivity index (χ0n) is 10.7. The third-order valence-electron chi connectivity index (χ3n) is 2.61. The number of hydrogen-bond donors (Lipinski definition) is 1. The van der Waals surface area contributed by atoms with Gasteiger partial charge in [-0.05, 0) is 37.2 Å². The maximum Gasteiger partial charge on any atom is 0.237 e. The average molecular weight is 305 g/mol. The second-order valence-electron chi connectivity index (χ2n) is 4.17. The standard InChI is InChI=1S/C12H17ClN2O3S/c1-15(8-2-7-14)12(16)9-19(17,18)11-5-3-10(13)4-6-11/h3-6H,2,7-9,14H2,1H3. The van der Waals surface area contributed by atoms with Crippen molar-refractivity contribution in [1.29, 1.82) is 0 Å². The number of rotatable bonds is 6. The van der Waals surface area contributed by atoms with Gasteiger partial charge in [-0.25, -0.2) is 8.42 Å². The van der Waals surface area contributed by atoms with E-state index >= 15 is 0 Å². The molecule has 0 heterocycles. The predicted molar refractivity (Wildman–Crippen MR) is 74.8 cm³/mol. The lowest BCUT2D eigenvalue weighted by atomic mass is 10.4. The van der Waals surface area contributed by atoms with E-state index in [4.69, 9.17) is 17.3 Å². The molecule has 1 rings (SSSR count). The van der Waals surface area contributed by atoms with Gasteiger partial charge in [-0.1, -0.05) is 11.6 Å². The molecule has 106 valence electrons. The van der Waals surface area contributed by atoms with Gasteiger partial charge in [-0.2, -0.15) is 0 Å². The molecule has 1 aromatic rings. The van der Waals surface area contributed by atoms with E-state index in [9.17, 15) is 13.2 Å². The van der Waals surface area contributed by atoms with Crippen LogP contribution in [0.2, 0.25) is 5.02 Å². The monoisotopic (exact) mass is 304 g/mol. The van der Waals surface area contributed by atoms with Crippen molar-refractivity contribution >= 4 is 27.3 Å². The van der Waals surface area contributed by atoms with Gasteiger partial charge in [-0.3, -0.25) is 4.79 Å². The average Bonchev–Trinajstić information content (AvgIpc) is 2.35. The second kappa shape index (κ2) is 6.88. The largest absolute Gasteiger partial charge is 0.345 e. The molecule has 0 saturated heterocycles. The minimum absolute atomic E-state index is 0.0949. The fourth-order valence-electron chi connectivity index (χ4n) is 1.45. The Morgan fingerprint density at radius 1 is 1.32 bits per heavy atom. The van der Waals surface area contributed by atoms with Gasteiger partial charge < -0.3 is 10.6 Å². The first-order valence-corrected chi connectivity index (χ1v) is 7.82. The number of nitrogens with zero attached hydrogens (tertiary/aromatic N) is 1. The molecule has 0 aliphatic heterocycles. The number of hydrogen-bond acceptors (Lipinski definition) is 4. The van der Waals surface area contributed by atoms with Crippen molar-refractivity contribution in [2.45, 2.75) is 11.3 Å². The maximum absolute atomic E-state index is 12.0. The number of nitrogens with two attached hydrogens (primary N) is 1. The Hall–Kier alpha value is -1.11. The summed E-state index contributed by atoms with van der Waals surface area (Å²) in [5, 5.41) is 0.449. The van der Waals surface area contributed by atoms with Gasteiger partial charge in [0, 0.05) is 18.6 Å². The van der Waals surface area contributed by atoms with Crippen LogP contribution in [0, 0.1) is 0 Å². The molecule has 1 aromatic carbocycles. The lowest BCUT2D eigenvalue weighted by molar-refractivity contribution is -0.127. The van der Waals surface area contributed by atoms with Gasteiger partial charge in [0.05, 0.1) is 4.90 Å². The molecular formula is C12H17ClN2O3S. The lowest BCUT2D eigenvalue weighted by Crippen LogP contribution is -2.34. The zero-order valence-corrected chi connectivity index (χ0v) is 12.2. The third-order valence-corrected chi connectivity index (χ3v) is 4.48. The molecule has 0 aliphatic rings. The Kier molecular flexibility index (Phi) is 5.78. The molecule has 0 fully saturated rings. The normalized spacial score (nSPS) is 11.3. The highest BCUT2D eigenvalue weighted by Crippen LogP contribution is 2.15. The maximum atomic E-state index is 12.0. The summed E-state index contributed by atoms with van der Waals surface area (Å²) >= 11 is 5.69. The Balaban J connectivity index is 2.74. The first kappa shape index (κ1) is 15.9. The Morgan fingerprint density at radius 3 is 2.42 bits per heavy atom. The molecule has 1 amide bonds. The molecule has 5 nitrogen and oxygen atoms in total. The summed E-state index contributed by atoms with van der Waals surface area (Å²) in [4.78, 5) is 13.3. The molecule has 0 saturated carbocycles. The summed E-state index contributed by atoms with van der Waals surface area (Å²) in [7, 11) is -2.06. The summed E-state index contributed by atoms with van der Waals surface area (Å²) in [6, 6.07) is 5.75. The number of benzene rings is 1. The quantitative estimate of drug-likeness (QED) is 0.847. The molecular weight excluding hydrogens is 288 g/mol. The number of halogens is 1. The van der Waals surface area contributed by atoms with Crippen LogP contribution in [0.1, 0.15) is 6.42 Å². The van der Waals surface area contributed by atoms with E-state index in [1.54, 1.807) is 7.05 Å². The van der Waals surface area contributed by atoms with Gasteiger partial charge in [0.2, 0.25) is 5.91 Å². The van der Waals surface area contributed by atoms with E-state index in [1.807, 2.05) is 0 Å². The fourth-order valence-corrected chi connectivity index (χ4v) is 2.84. The topological polar surface area (TPSA) is 80.5 Å². The van der Waals surface area contributed by atoms with Crippen LogP contribution in [0.4, 0.5) is 0 Å². The van der Waals surface area contributed by atoms with Crippen LogP contribution in [-0.4, -0.2) is 45.1 Å². The van der Waals surface area contributed by atoms with Gasteiger partial charge in [0.15, 0.2) is 9.84 Å². The minimum atomic E-state index is -3.63. The number of amides is 1. The van der Waals surface area contributed by atoms with E-state index in [0.29, 0.717) is 24.5 Å². The summed E-state index contributed by atoms with van der Waals surface area (Å²) in [6.07, 6.45) is 0.642. The highest BCUT2D eigenvalue weighted by Gasteiger charge is 2.21. The molecule has 0 aromatic heterocycles. The van der Waals surface area contributed by atoms with Crippen LogP contribution in [-0.2, 0) is 14.6 Å². The van der Waals surface area contributed by atoms with Crippen molar-refractivity contribution in [2.75, 3.05) is 25.9 Å². The van der Waals surface area contributed by atoms with E-state index < -0.39 is 21.5 Å². The SMILES string of the molecule is CN(CCCN)C(=O)CS(=O)(=O)c1ccc(Cl)cc1. The van der Waals surface area contributed by atoms with E-state index in [0.717, 1.165) is 0 Å². The number of carbonyl (C=O) groups is 1. The van der Waals surface area contributed by atoms with Gasteiger partial charge in [-0.15, -0.1) is 0 Å². The molecule has 2 N–H and O–H groups in total. The third kappa shape index (κ3) is 4.81. The van der Waals surface area contributed by atoms with Crippen molar-refractivity contribution < 1.29 is 13.2 Å². The van der Waals surface area contributed by atoms with Crippen molar-refractivity contribution in [3.8, 4) is 0 Å². The van der Waals surface area contributed by atoms with Crippen molar-refractivity contribution in [3.05, 3.63) is 29.3 Å². The van der Waals surface area contributed by atoms with E-state index in [-0.39, 0.29) is 4.90 Å². The zero-order chi connectivity index (χ0) is 14.5. The predicted octanol–water partition coefficient (Wildman–Crippen LogP) is 0.921. The first-order valence-electron chi connectivity index (χ1n) is 5.79. The van der Waals surface area contributed by atoms with Crippen LogP contribution in [0.5, 0.6) is 0 Å². The second-order valence-corrected chi connectivity index (χ2v) is 6.60. The van der Waals surface area contributed by atoms with Crippen LogP contribution in [0.15, 0.2) is 29.2 Å². The Bertz CT molecular complexity index is 528. The molecule has 0 atom stereocenters. The lowest BCUT2D eigenvalue weighted by Gasteiger charge is -2.16. The Labute approximate surface area is 118 Å². The molecule has 0 radical (unpaired) electrons. The molecule has 7 heteroatoms. The first-order chi connectivity index (χ1) is 8.86. The van der Waals surface area contributed by atoms with Gasteiger partial charge in [0.1, 0.15) is 5.75 Å². The molecule has 0 spiro atoms. The minimum Gasteiger partial charge on any atom is -0.345 e. The summed E-state index contributed by atoms with van der Waals surface area (Å²) in [5.74, 6) is -0.987. The summed E-state index contributed by atoms with van der Waals surface area (Å²) < 4.78 is 24.0. The number of carbonyl (C=O) groups excluding carboxylic acids is 1. The number of sulfone groups is 1. The summed E-state index contributed by atoms with van der Waals surface area (Å²) in [5.41, 5.74) is 5.34. The van der Waals surface area contributed by atoms with Crippen LogP contribution >= 0.6 is 11.6 Å². The van der Waals surface area contributed by atoms with Crippen molar-refractivity contribution in [2.24, 2.45) is 5.73 Å². The van der Waals surface area contributed by atoms with Gasteiger partial charge >= 0.3 is 0 Å². The van der Waals surface area contributed by atoms with Crippen LogP contribution in [0.3, 0.4) is 0 Å².